The molecule has 3 rings (SSSR count). The van der Waals surface area contributed by atoms with Crippen molar-refractivity contribution in [1.29, 1.82) is 0 Å². The second-order valence-corrected chi connectivity index (χ2v) is 7.01. The van der Waals surface area contributed by atoms with E-state index in [9.17, 15) is 0 Å². The van der Waals surface area contributed by atoms with Crippen molar-refractivity contribution >= 4 is 17.3 Å². The van der Waals surface area contributed by atoms with Crippen molar-refractivity contribution in [2.75, 3.05) is 18.0 Å². The first-order chi connectivity index (χ1) is 9.70. The summed E-state index contributed by atoms with van der Waals surface area (Å²) in [5.41, 5.74) is 1.27. The molecule has 1 aromatic carbocycles. The maximum atomic E-state index is 6.13. The number of rotatable bonds is 3. The maximum Gasteiger partial charge on any atom is 0.0426 e. The molecule has 20 heavy (non-hydrogen) atoms. The Bertz CT molecular complexity index is 442. The molecule has 0 spiro atoms. The van der Waals surface area contributed by atoms with Crippen LogP contribution in [-0.4, -0.2) is 25.2 Å². The van der Waals surface area contributed by atoms with Gasteiger partial charge in [-0.05, 0) is 43.4 Å². The first-order valence-corrected chi connectivity index (χ1v) is 8.35. The second-order valence-electron chi connectivity index (χ2n) is 6.57. The average Bonchev–Trinajstić information content (AvgIpc) is 2.91. The zero-order valence-electron chi connectivity index (χ0n) is 12.3. The maximum absolute atomic E-state index is 6.13. The molecule has 1 aliphatic carbocycles. The molecule has 1 aromatic rings. The van der Waals surface area contributed by atoms with Gasteiger partial charge in [-0.25, -0.2) is 0 Å². The zero-order valence-corrected chi connectivity index (χ0v) is 13.1. The molecule has 1 heterocycles. The molecular formula is C17H25ClN2. The lowest BCUT2D eigenvalue weighted by molar-refractivity contribution is 0.322. The molecule has 0 amide bonds. The third kappa shape index (κ3) is 3.48. The minimum Gasteiger partial charge on any atom is -0.370 e. The topological polar surface area (TPSA) is 15.3 Å². The van der Waals surface area contributed by atoms with E-state index in [1.165, 1.54) is 37.8 Å². The third-order valence-corrected chi connectivity index (χ3v) is 4.89. The molecule has 0 aromatic heterocycles. The van der Waals surface area contributed by atoms with Crippen LogP contribution in [0.3, 0.4) is 0 Å². The highest BCUT2D eigenvalue weighted by Gasteiger charge is 2.27. The summed E-state index contributed by atoms with van der Waals surface area (Å²) in [6.07, 6.45) is 6.83. The number of hydrogen-bond acceptors (Lipinski definition) is 2. The Morgan fingerprint density at radius 3 is 2.70 bits per heavy atom. The lowest BCUT2D eigenvalue weighted by Crippen LogP contribution is -2.51. The highest BCUT2D eigenvalue weighted by Crippen LogP contribution is 2.27. The van der Waals surface area contributed by atoms with E-state index in [-0.39, 0.29) is 0 Å². The predicted molar refractivity (Wildman–Crippen MR) is 86.6 cm³/mol. The number of nitrogens with one attached hydrogen (secondary N) is 1. The van der Waals surface area contributed by atoms with Crippen molar-refractivity contribution in [2.45, 2.75) is 51.1 Å². The quantitative estimate of drug-likeness (QED) is 0.903. The fourth-order valence-electron chi connectivity index (χ4n) is 3.78. The molecule has 2 aliphatic rings. The van der Waals surface area contributed by atoms with Crippen LogP contribution in [0.2, 0.25) is 5.02 Å². The normalized spacial score (nSPS) is 28.0. The van der Waals surface area contributed by atoms with Crippen LogP contribution in [-0.2, 0) is 0 Å². The van der Waals surface area contributed by atoms with Crippen molar-refractivity contribution in [1.82, 2.24) is 5.32 Å². The van der Waals surface area contributed by atoms with Crippen molar-refractivity contribution in [2.24, 2.45) is 5.92 Å². The van der Waals surface area contributed by atoms with Crippen LogP contribution in [0.5, 0.6) is 0 Å². The fourth-order valence-corrected chi connectivity index (χ4v) is 3.97. The van der Waals surface area contributed by atoms with Gasteiger partial charge in [0.15, 0.2) is 0 Å². The van der Waals surface area contributed by atoms with Gasteiger partial charge in [0.1, 0.15) is 0 Å². The molecule has 3 heteroatoms. The van der Waals surface area contributed by atoms with Gasteiger partial charge in [0.2, 0.25) is 0 Å². The summed E-state index contributed by atoms with van der Waals surface area (Å²) in [6.45, 7) is 4.62. The SMILES string of the molecule is CC1CC(NC2CCCC2)CN(c2cccc(Cl)c2)C1. The van der Waals surface area contributed by atoms with Gasteiger partial charge in [0, 0.05) is 35.9 Å². The molecule has 2 nitrogen and oxygen atoms in total. The molecule has 0 radical (unpaired) electrons. The highest BCUT2D eigenvalue weighted by molar-refractivity contribution is 6.30. The monoisotopic (exact) mass is 292 g/mol. The Labute approximate surface area is 127 Å². The Kier molecular flexibility index (Phi) is 4.52. The van der Waals surface area contributed by atoms with Gasteiger partial charge in [0.05, 0.1) is 0 Å². The van der Waals surface area contributed by atoms with E-state index in [0.29, 0.717) is 6.04 Å². The van der Waals surface area contributed by atoms with Crippen LogP contribution < -0.4 is 10.2 Å². The number of benzene rings is 1. The van der Waals surface area contributed by atoms with Crippen LogP contribution >= 0.6 is 11.6 Å². The van der Waals surface area contributed by atoms with Crippen molar-refractivity contribution in [3.63, 3.8) is 0 Å². The van der Waals surface area contributed by atoms with E-state index in [1.54, 1.807) is 0 Å². The van der Waals surface area contributed by atoms with Crippen LogP contribution in [0.4, 0.5) is 5.69 Å². The molecule has 1 saturated heterocycles. The number of hydrogen-bond donors (Lipinski definition) is 1. The third-order valence-electron chi connectivity index (χ3n) is 4.66. The number of anilines is 1. The van der Waals surface area contributed by atoms with E-state index in [4.69, 9.17) is 11.6 Å². The van der Waals surface area contributed by atoms with Crippen LogP contribution in [0, 0.1) is 5.92 Å². The molecule has 2 fully saturated rings. The Balaban J connectivity index is 1.66. The van der Waals surface area contributed by atoms with Gasteiger partial charge in [0.25, 0.3) is 0 Å². The van der Waals surface area contributed by atoms with E-state index < -0.39 is 0 Å². The molecule has 2 unspecified atom stereocenters. The minimum atomic E-state index is 0.626. The van der Waals surface area contributed by atoms with Gasteiger partial charge in [-0.15, -0.1) is 0 Å². The van der Waals surface area contributed by atoms with E-state index in [2.05, 4.69) is 35.3 Å². The largest absolute Gasteiger partial charge is 0.370 e. The van der Waals surface area contributed by atoms with Gasteiger partial charge in [-0.2, -0.15) is 0 Å². The first kappa shape index (κ1) is 14.2. The molecule has 2 atom stereocenters. The summed E-state index contributed by atoms with van der Waals surface area (Å²) in [5, 5.41) is 4.72. The van der Waals surface area contributed by atoms with E-state index >= 15 is 0 Å². The summed E-state index contributed by atoms with van der Waals surface area (Å²) < 4.78 is 0. The smallest absolute Gasteiger partial charge is 0.0426 e. The Hall–Kier alpha value is -0.730. The van der Waals surface area contributed by atoms with E-state index in [1.807, 2.05) is 6.07 Å². The molecule has 1 aliphatic heterocycles. The summed E-state index contributed by atoms with van der Waals surface area (Å²) in [6, 6.07) is 9.65. The summed E-state index contributed by atoms with van der Waals surface area (Å²) in [5.74, 6) is 0.738. The fraction of sp³-hybridized carbons (Fsp3) is 0.647. The molecular weight excluding hydrogens is 268 g/mol. The summed E-state index contributed by atoms with van der Waals surface area (Å²) in [4.78, 5) is 2.49. The van der Waals surface area contributed by atoms with Gasteiger partial charge in [-0.3, -0.25) is 0 Å². The predicted octanol–water partition coefficient (Wildman–Crippen LogP) is 4.09. The number of halogens is 1. The number of piperidine rings is 1. The van der Waals surface area contributed by atoms with Gasteiger partial charge < -0.3 is 10.2 Å². The summed E-state index contributed by atoms with van der Waals surface area (Å²) >= 11 is 6.13. The zero-order chi connectivity index (χ0) is 13.9. The average molecular weight is 293 g/mol. The lowest BCUT2D eigenvalue weighted by Gasteiger charge is -2.39. The molecule has 1 N–H and O–H groups in total. The highest BCUT2D eigenvalue weighted by atomic mass is 35.5. The summed E-state index contributed by atoms with van der Waals surface area (Å²) in [7, 11) is 0. The first-order valence-electron chi connectivity index (χ1n) is 7.97. The van der Waals surface area contributed by atoms with Crippen molar-refractivity contribution in [3.8, 4) is 0 Å². The van der Waals surface area contributed by atoms with Crippen molar-refractivity contribution < 1.29 is 0 Å². The van der Waals surface area contributed by atoms with Gasteiger partial charge >= 0.3 is 0 Å². The number of nitrogens with zero attached hydrogens (tertiary/aromatic N) is 1. The van der Waals surface area contributed by atoms with Crippen LogP contribution in [0.1, 0.15) is 39.0 Å². The molecule has 110 valence electrons. The van der Waals surface area contributed by atoms with Gasteiger partial charge in [-0.1, -0.05) is 37.4 Å². The molecule has 0 bridgehead atoms. The standard InChI is InChI=1S/C17H25ClN2/c1-13-9-16(19-15-6-2-3-7-15)12-20(11-13)17-8-4-5-14(18)10-17/h4-5,8,10,13,15-16,19H,2-3,6-7,9,11-12H2,1H3. The van der Waals surface area contributed by atoms with Crippen LogP contribution in [0.25, 0.3) is 0 Å². The lowest BCUT2D eigenvalue weighted by atomic mass is 9.94. The van der Waals surface area contributed by atoms with E-state index in [0.717, 1.165) is 30.1 Å². The Morgan fingerprint density at radius 1 is 1.15 bits per heavy atom. The molecule has 1 saturated carbocycles. The van der Waals surface area contributed by atoms with Crippen molar-refractivity contribution in [3.05, 3.63) is 29.3 Å². The minimum absolute atomic E-state index is 0.626. The Morgan fingerprint density at radius 2 is 1.95 bits per heavy atom. The second kappa shape index (κ2) is 6.36. The van der Waals surface area contributed by atoms with Crippen LogP contribution in [0.15, 0.2) is 24.3 Å².